The molecule has 7 N–H and O–H groups in total. The second-order valence-electron chi connectivity index (χ2n) is 31.8. The number of H-pyrrole nitrogens is 2. The average molecular weight is 2200 g/mol. The average Bonchev–Trinajstić information content (AvgIpc) is 1.62. The Morgan fingerprint density at radius 3 is 1.41 bits per heavy atom. The number of hydrogen-bond acceptors (Lipinski definition) is 22. The Morgan fingerprint density at radius 1 is 0.545 bits per heavy atom. The molecule has 13 aromatic rings. The third kappa shape index (κ3) is 28.3. The Labute approximate surface area is 810 Å². The largest absolute Gasteiger partial charge is 0.506 e. The van der Waals surface area contributed by atoms with Crippen LogP contribution in [0.3, 0.4) is 0 Å². The highest BCUT2D eigenvalue weighted by Gasteiger charge is 2.51. The van der Waals surface area contributed by atoms with Crippen molar-refractivity contribution in [3.8, 4) is 11.5 Å². The van der Waals surface area contributed by atoms with E-state index >= 15 is 4.39 Å². The van der Waals surface area contributed by atoms with Crippen molar-refractivity contribution >= 4 is 185 Å². The first kappa shape index (κ1) is 106. The zero-order valence-corrected chi connectivity index (χ0v) is 81.8. The minimum atomic E-state index is -1.06. The van der Waals surface area contributed by atoms with Gasteiger partial charge in [0.1, 0.15) is 57.4 Å². The maximum Gasteiger partial charge on any atom is 0.420 e. The third-order valence-electron chi connectivity index (χ3n) is 19.3. The predicted molar refractivity (Wildman–Crippen MR) is 505 cm³/mol. The van der Waals surface area contributed by atoms with E-state index in [1.165, 1.54) is 77.8 Å². The van der Waals surface area contributed by atoms with E-state index in [9.17, 15) is 85.2 Å². The number of halogens is 13. The summed E-state index contributed by atoms with van der Waals surface area (Å²) in [7, 11) is 0. The van der Waals surface area contributed by atoms with E-state index in [-0.39, 0.29) is 47.3 Å². The molecule has 1 fully saturated rings. The van der Waals surface area contributed by atoms with Crippen LogP contribution in [-0.2, 0) is 51.7 Å². The van der Waals surface area contributed by atoms with Crippen LogP contribution in [0.2, 0.25) is 0 Å². The molecular weight excluding hydrogens is 2110 g/mol. The van der Waals surface area contributed by atoms with Crippen LogP contribution in [0.25, 0.3) is 33.3 Å². The smallest absolute Gasteiger partial charge is 0.420 e. The number of anilines is 1. The van der Waals surface area contributed by atoms with Gasteiger partial charge in [-0.15, -0.1) is 23.5 Å². The number of thioether (sulfide) groups is 2. The summed E-state index contributed by atoms with van der Waals surface area (Å²) in [6, 6.07) is 43.9. The lowest BCUT2D eigenvalue weighted by Gasteiger charge is -2.33. The fraction of sp³-hybridized carbons (Fsp3) is 0.256. The number of imide groups is 1. The molecule has 134 heavy (non-hydrogen) atoms. The molecule has 0 saturated carbocycles. The number of aromatic hydroxyl groups is 2. The van der Waals surface area contributed by atoms with Gasteiger partial charge < -0.3 is 53.6 Å². The van der Waals surface area contributed by atoms with Gasteiger partial charge in [0, 0.05) is 107 Å². The van der Waals surface area contributed by atoms with Crippen LogP contribution in [0.5, 0.6) is 11.5 Å². The Bertz CT molecular complexity index is 6550. The molecule has 16 rings (SSSR count). The zero-order chi connectivity index (χ0) is 99.0. The highest BCUT2D eigenvalue weighted by Crippen LogP contribution is 2.39. The number of aromatic nitrogens is 3. The number of carbonyl (C=O) groups is 4. The van der Waals surface area contributed by atoms with Crippen LogP contribution in [0.1, 0.15) is 126 Å². The number of nitrogens with two attached hydrogens (primary N) is 1. The molecular formula is C90H83Br4Cl2F7N10O19S2. The Morgan fingerprint density at radius 2 is 0.963 bits per heavy atom. The Hall–Kier alpha value is -11.6. The van der Waals surface area contributed by atoms with E-state index in [2.05, 4.69) is 79.8 Å². The SMILES string of the molecule is CC1(C)C(=O)N(Cl)C(=O)N1Cl.C[C@H](O)c1cccc2c1CN(C(=O)OC(C)(C)C)CC2.C[C@H](c1cccc2c1CN(C(=O)OC(C)(C)C)CC2)n1c(=O)oc2cc(SCc3ccccc3)c(F)cc21.Nc1cc(F)c(Br)cc1O.O=[N+]([O-])c1cc(F)c(Br)cc1F.O=[N+]([O-])c1cc(F)c(Br)cc1O.O=c1[nH]c2cc(F)c(Br)cc2o1.O=c1[nH]c2cc(F)c(SCc3ccccc3)cc2o1. The molecule has 1 saturated heterocycles. The van der Waals surface area contributed by atoms with E-state index in [0.29, 0.717) is 110 Å². The molecule has 0 unspecified atom stereocenters. The van der Waals surface area contributed by atoms with Crippen molar-refractivity contribution in [3.05, 3.63) is 325 Å². The first-order chi connectivity index (χ1) is 62.8. The van der Waals surface area contributed by atoms with E-state index in [1.807, 2.05) is 139 Å². The number of nitrogens with one attached hydrogen (secondary N) is 2. The highest BCUT2D eigenvalue weighted by atomic mass is 79.9. The molecule has 2 atom stereocenters. The molecule has 710 valence electrons. The summed E-state index contributed by atoms with van der Waals surface area (Å²) in [6.45, 7) is 19.9. The van der Waals surface area contributed by atoms with Crippen LogP contribution in [-0.4, -0.2) is 112 Å². The number of nitro groups is 2. The molecule has 44 heteroatoms. The number of nitro benzene ring substituents is 2. The number of aliphatic hydroxyl groups is 1. The van der Waals surface area contributed by atoms with Crippen LogP contribution in [0.15, 0.2) is 225 Å². The summed E-state index contributed by atoms with van der Waals surface area (Å²) in [5.74, 6) is -5.98. The maximum atomic E-state index is 15.2. The molecule has 0 spiro atoms. The van der Waals surface area contributed by atoms with Gasteiger partial charge in [-0.1, -0.05) is 97.1 Å². The zero-order valence-electron chi connectivity index (χ0n) is 72.3. The lowest BCUT2D eigenvalue weighted by molar-refractivity contribution is -0.387. The summed E-state index contributed by atoms with van der Waals surface area (Å²) in [6.07, 6.45) is 0.313. The van der Waals surface area contributed by atoms with Gasteiger partial charge in [0.2, 0.25) is 5.82 Å². The topological polar surface area (TPSA) is 400 Å². The number of phenolic OH excluding ortho intramolecular Hbond substituents is 2. The standard InChI is InChI=1S/C30H31FN2O4S.C16H23NO3.C14H10FNO2S.C7H3BrFNO2.C6H2BrF2NO2.C6H3BrFNO3.C6H5BrFNO.C5H6Cl2N2O2/c1-19(22-12-8-11-21-13-14-32(17-23(21)22)28(34)37-30(2,3)4)33-25-15-24(31)27(16-26(25)36-29(33)35)38-18-20-9-6-5-7-10-20;1-11(18)13-7-5-6-12-8-9-17(10-14(12)13)15(19)20-16(2,3)4;15-10-6-11-12(18-14(17)16-11)7-13(10)19-8-9-4-2-1-3-5-9;8-3-1-6-5(2-4(3)9)10-7(11)12-6;7-3-1-5(9)6(10(11)12)2-4(3)8;7-3-1-6(10)5(9(11)12)2-4(3)8;7-3-1-6(10)5(9)2-4(3)8;1-5(2)3(10)8(6)4(11)9(5)7/h5-12,15-16,19H,13-14,17-18H2,1-4H3;5-7,11,18H,8-10H2,1-4H3;1-7H,8H2,(H,16,17);1-2H,(H,10,11);1-2H;1-2,10H;1-2,10H,9H2;1-2H3/t19-;11-;;;;;;/m10....../s1. The number of rotatable bonds is 11. The second kappa shape index (κ2) is 46.1. The number of amides is 5. The number of ether oxygens (including phenoxy) is 2. The number of phenols is 2. The van der Waals surface area contributed by atoms with Crippen molar-refractivity contribution in [3.63, 3.8) is 0 Å². The van der Waals surface area contributed by atoms with Crippen LogP contribution >= 0.6 is 111 Å². The van der Waals surface area contributed by atoms with Gasteiger partial charge >= 0.3 is 46.9 Å². The van der Waals surface area contributed by atoms with Crippen molar-refractivity contribution in [1.82, 2.24) is 33.2 Å². The van der Waals surface area contributed by atoms with Gasteiger partial charge in [0.25, 0.3) is 5.91 Å². The molecule has 10 aromatic carbocycles. The lowest BCUT2D eigenvalue weighted by Crippen LogP contribution is -2.40. The number of nitrogens with zero attached hydrogens (tertiary/aromatic N) is 7. The van der Waals surface area contributed by atoms with Crippen LogP contribution in [0.4, 0.5) is 62.2 Å². The highest BCUT2D eigenvalue weighted by molar-refractivity contribution is 9.11. The van der Waals surface area contributed by atoms with E-state index < -0.39 is 120 Å². The van der Waals surface area contributed by atoms with Crippen LogP contribution < -0.4 is 23.0 Å². The van der Waals surface area contributed by atoms with Crippen molar-refractivity contribution in [2.45, 2.75) is 145 Å². The molecule has 29 nitrogen and oxygen atoms in total. The number of hydrogen-bond donors (Lipinski definition) is 6. The monoisotopic (exact) mass is 2190 g/mol. The van der Waals surface area contributed by atoms with E-state index in [4.69, 9.17) is 62.2 Å². The summed E-state index contributed by atoms with van der Waals surface area (Å²) in [4.78, 5) is 109. The minimum Gasteiger partial charge on any atom is -0.506 e. The van der Waals surface area contributed by atoms with Crippen molar-refractivity contribution < 1.29 is 97.8 Å². The van der Waals surface area contributed by atoms with Gasteiger partial charge in [0.15, 0.2) is 22.5 Å². The van der Waals surface area contributed by atoms with Gasteiger partial charge in [0.05, 0.1) is 74.3 Å². The lowest BCUT2D eigenvalue weighted by atomic mass is 9.91. The number of aliphatic hydroxyl groups excluding tert-OH is 1. The van der Waals surface area contributed by atoms with Crippen molar-refractivity contribution in [1.29, 1.82) is 0 Å². The number of carbonyl (C=O) groups excluding carboxylic acids is 4. The molecule has 3 aliphatic rings. The number of nitrogen functional groups attached to an aromatic ring is 1. The Balaban J connectivity index is 0.000000181. The molecule has 3 aromatic heterocycles. The summed E-state index contributed by atoms with van der Waals surface area (Å²) < 4.78 is 122. The maximum absolute atomic E-state index is 15.2. The molecule has 0 radical (unpaired) electrons. The van der Waals surface area contributed by atoms with Gasteiger partial charge in [-0.3, -0.25) is 39.6 Å². The van der Waals surface area contributed by atoms with Gasteiger partial charge in [-0.2, -0.15) is 8.81 Å². The van der Waals surface area contributed by atoms with E-state index in [0.717, 1.165) is 61.9 Å². The summed E-state index contributed by atoms with van der Waals surface area (Å²) in [5, 5.41) is 47.9. The van der Waals surface area contributed by atoms with Gasteiger partial charge in [-0.05, 0) is 215 Å². The summed E-state index contributed by atoms with van der Waals surface area (Å²) in [5.41, 5.74) is 12.2. The fourth-order valence-corrected chi connectivity index (χ4v) is 16.3. The number of urea groups is 1. The fourth-order valence-electron chi connectivity index (χ4n) is 12.7. The molecule has 5 amide bonds. The van der Waals surface area contributed by atoms with E-state index in [1.54, 1.807) is 28.9 Å². The second-order valence-corrected chi connectivity index (χ2v) is 37.9. The quantitative estimate of drug-likeness (QED) is 0.00806. The number of fused-ring (bicyclic) bond motifs is 5. The third-order valence-corrected chi connectivity index (χ3v) is 24.8. The number of aromatic amines is 2. The molecule has 3 aliphatic heterocycles. The normalized spacial score (nSPS) is 13.5. The van der Waals surface area contributed by atoms with Crippen LogP contribution in [0, 0.1) is 60.9 Å². The number of oxazole rings is 3. The molecule has 6 heterocycles. The summed E-state index contributed by atoms with van der Waals surface area (Å²) >= 11 is 24.8. The van der Waals surface area contributed by atoms with Crippen molar-refractivity contribution in [2.24, 2.45) is 0 Å². The Kier molecular flexibility index (Phi) is 36.5. The van der Waals surface area contributed by atoms with Gasteiger partial charge in [-0.25, -0.2) is 59.5 Å². The first-order valence-electron chi connectivity index (χ1n) is 39.7. The van der Waals surface area contributed by atoms with Crippen molar-refractivity contribution in [2.75, 3.05) is 18.8 Å². The predicted octanol–water partition coefficient (Wildman–Crippen LogP) is 23.6. The first-order valence-corrected chi connectivity index (χ1v) is 45.5. The number of benzene rings is 10. The minimum absolute atomic E-state index is 0.00870. The molecule has 0 bridgehead atoms. The molecule has 0 aliphatic carbocycles.